The first-order chi connectivity index (χ1) is 6.09. The minimum atomic E-state index is -0.354. The van der Waals surface area contributed by atoms with Crippen LogP contribution in [0.3, 0.4) is 0 Å². The van der Waals surface area contributed by atoms with Gasteiger partial charge in [0.05, 0.1) is 5.75 Å². The van der Waals surface area contributed by atoms with Gasteiger partial charge in [-0.05, 0) is 22.0 Å². The molecule has 70 valence electrons. The van der Waals surface area contributed by atoms with Crippen LogP contribution in [0.2, 0.25) is 0 Å². The summed E-state index contributed by atoms with van der Waals surface area (Å²) in [7, 11) is 0. The molecule has 0 unspecified atom stereocenters. The molecule has 0 saturated carbocycles. The highest BCUT2D eigenvalue weighted by atomic mass is 79.9. The molecule has 1 aromatic heterocycles. The van der Waals surface area contributed by atoms with E-state index in [1.165, 1.54) is 11.8 Å². The maximum atomic E-state index is 10.5. The third-order valence-corrected chi connectivity index (χ3v) is 3.18. The summed E-state index contributed by atoms with van der Waals surface area (Å²) < 4.78 is 0.813. The number of nitrogen functional groups attached to an aromatic ring is 1. The summed E-state index contributed by atoms with van der Waals surface area (Å²) in [6.07, 6.45) is 1.60. The highest BCUT2D eigenvalue weighted by Gasteiger charge is 2.03. The van der Waals surface area contributed by atoms with E-state index in [2.05, 4.69) is 20.9 Å². The quantitative estimate of drug-likeness (QED) is 0.796. The van der Waals surface area contributed by atoms with Crippen molar-refractivity contribution in [1.82, 2.24) is 4.98 Å². The van der Waals surface area contributed by atoms with E-state index in [0.717, 1.165) is 9.37 Å². The number of hydrogen-bond acceptors (Lipinski definition) is 4. The fourth-order valence-corrected chi connectivity index (χ4v) is 1.95. The van der Waals surface area contributed by atoms with Crippen molar-refractivity contribution >= 4 is 39.4 Å². The molecule has 0 atom stereocenters. The average Bonchev–Trinajstić information content (AvgIpc) is 2.06. The van der Waals surface area contributed by atoms with Gasteiger partial charge in [0.15, 0.2) is 0 Å². The fraction of sp³-hybridized carbons (Fsp3) is 0.143. The van der Waals surface area contributed by atoms with E-state index >= 15 is 0 Å². The number of anilines is 1. The number of nitrogens with zero attached hydrogens (tertiary/aromatic N) is 1. The Bertz CT molecular complexity index is 332. The normalized spacial score (nSPS) is 9.92. The summed E-state index contributed by atoms with van der Waals surface area (Å²) in [4.78, 5) is 15.2. The Labute approximate surface area is 88.2 Å². The largest absolute Gasteiger partial charge is 0.384 e. The molecule has 4 nitrogen and oxygen atoms in total. The maximum Gasteiger partial charge on any atom is 0.227 e. The van der Waals surface area contributed by atoms with E-state index in [1.54, 1.807) is 12.3 Å². The van der Waals surface area contributed by atoms with Crippen LogP contribution in [0, 0.1) is 0 Å². The molecular formula is C7H8BrN3OS. The van der Waals surface area contributed by atoms with Gasteiger partial charge in [-0.25, -0.2) is 4.98 Å². The van der Waals surface area contributed by atoms with Crippen molar-refractivity contribution in [2.75, 3.05) is 11.5 Å². The zero-order valence-corrected chi connectivity index (χ0v) is 9.06. The molecule has 4 N–H and O–H groups in total. The van der Waals surface area contributed by atoms with E-state index < -0.39 is 0 Å². The Balaban J connectivity index is 2.75. The molecule has 0 aliphatic rings. The molecule has 1 rings (SSSR count). The molecule has 0 fully saturated rings. The second-order valence-corrected chi connectivity index (χ2v) is 4.17. The van der Waals surface area contributed by atoms with Crippen LogP contribution in [0.4, 0.5) is 5.82 Å². The fourth-order valence-electron chi connectivity index (χ4n) is 0.695. The van der Waals surface area contributed by atoms with Crippen LogP contribution in [0.1, 0.15) is 0 Å². The second-order valence-electron chi connectivity index (χ2n) is 2.29. The third-order valence-electron chi connectivity index (χ3n) is 1.21. The second kappa shape index (κ2) is 4.48. The first-order valence-corrected chi connectivity index (χ1v) is 5.19. The summed E-state index contributed by atoms with van der Waals surface area (Å²) in [5.74, 6) is 0.310. The zero-order chi connectivity index (χ0) is 9.84. The molecule has 0 aliphatic heterocycles. The van der Waals surface area contributed by atoms with Gasteiger partial charge in [0.25, 0.3) is 0 Å². The topological polar surface area (TPSA) is 82.0 Å². The number of thioether (sulfide) groups is 1. The van der Waals surface area contributed by atoms with Gasteiger partial charge in [0.2, 0.25) is 5.91 Å². The monoisotopic (exact) mass is 261 g/mol. The van der Waals surface area contributed by atoms with Crippen LogP contribution < -0.4 is 11.5 Å². The molecule has 0 aliphatic carbocycles. The minimum Gasteiger partial charge on any atom is -0.384 e. The lowest BCUT2D eigenvalue weighted by atomic mass is 10.5. The molecule has 0 spiro atoms. The molecule has 1 amide bonds. The van der Waals surface area contributed by atoms with E-state index in [9.17, 15) is 4.79 Å². The summed E-state index contributed by atoms with van der Waals surface area (Å²) in [6.45, 7) is 0. The molecule has 1 heterocycles. The van der Waals surface area contributed by atoms with Gasteiger partial charge < -0.3 is 11.5 Å². The number of carbonyl (C=O) groups excluding carboxylic acids is 1. The minimum absolute atomic E-state index is 0.238. The van der Waals surface area contributed by atoms with Gasteiger partial charge in [-0.1, -0.05) is 0 Å². The molecule has 0 aromatic carbocycles. The van der Waals surface area contributed by atoms with Crippen LogP contribution in [-0.4, -0.2) is 16.6 Å². The number of halogens is 1. The van der Waals surface area contributed by atoms with Gasteiger partial charge in [0.1, 0.15) is 5.82 Å². The van der Waals surface area contributed by atoms with Crippen molar-refractivity contribution in [3.05, 3.63) is 16.7 Å². The summed E-state index contributed by atoms with van der Waals surface area (Å²) in [6, 6.07) is 1.69. The van der Waals surface area contributed by atoms with Crippen LogP contribution in [0.5, 0.6) is 0 Å². The first kappa shape index (κ1) is 10.3. The molecule has 13 heavy (non-hydrogen) atoms. The van der Waals surface area contributed by atoms with Crippen LogP contribution in [0.15, 0.2) is 21.6 Å². The number of aromatic nitrogens is 1. The van der Waals surface area contributed by atoms with E-state index in [1.807, 2.05) is 0 Å². The Morgan fingerprint density at radius 3 is 3.00 bits per heavy atom. The number of pyridine rings is 1. The van der Waals surface area contributed by atoms with Crippen molar-refractivity contribution in [2.45, 2.75) is 4.90 Å². The number of primary amides is 1. The van der Waals surface area contributed by atoms with E-state index in [4.69, 9.17) is 11.5 Å². The Morgan fingerprint density at radius 2 is 2.38 bits per heavy atom. The highest BCUT2D eigenvalue weighted by Crippen LogP contribution is 2.27. The lowest BCUT2D eigenvalue weighted by Gasteiger charge is -2.02. The van der Waals surface area contributed by atoms with Crippen LogP contribution in [-0.2, 0) is 4.79 Å². The van der Waals surface area contributed by atoms with Gasteiger partial charge in [0, 0.05) is 15.6 Å². The highest BCUT2D eigenvalue weighted by molar-refractivity contribution is 9.10. The molecule has 0 saturated heterocycles. The van der Waals surface area contributed by atoms with Gasteiger partial charge in [-0.3, -0.25) is 4.79 Å². The lowest BCUT2D eigenvalue weighted by Crippen LogP contribution is -2.13. The molecule has 6 heteroatoms. The standard InChI is InChI=1S/C7H8BrN3OS/c8-4-2-11-6(9)1-5(4)13-3-7(10)12/h1-2H,3H2,(H2,9,11)(H2,10,12). The first-order valence-electron chi connectivity index (χ1n) is 3.41. The summed E-state index contributed by atoms with van der Waals surface area (Å²) in [5, 5.41) is 0. The van der Waals surface area contributed by atoms with Gasteiger partial charge >= 0.3 is 0 Å². The number of amides is 1. The van der Waals surface area contributed by atoms with Crippen molar-refractivity contribution in [2.24, 2.45) is 5.73 Å². The summed E-state index contributed by atoms with van der Waals surface area (Å²) >= 11 is 4.62. The SMILES string of the molecule is NC(=O)CSc1cc(N)ncc1Br. The predicted octanol–water partition coefficient (Wildman–Crippen LogP) is 1.00. The van der Waals surface area contributed by atoms with Gasteiger partial charge in [-0.15, -0.1) is 11.8 Å². The number of rotatable bonds is 3. The molecule has 0 bridgehead atoms. The predicted molar refractivity (Wildman–Crippen MR) is 56.3 cm³/mol. The zero-order valence-electron chi connectivity index (χ0n) is 6.66. The maximum absolute atomic E-state index is 10.5. The Morgan fingerprint density at radius 1 is 1.69 bits per heavy atom. The smallest absolute Gasteiger partial charge is 0.227 e. The lowest BCUT2D eigenvalue weighted by molar-refractivity contribution is -0.115. The Hall–Kier alpha value is -0.750. The molecular weight excluding hydrogens is 254 g/mol. The average molecular weight is 262 g/mol. The molecule has 1 aromatic rings. The van der Waals surface area contributed by atoms with Gasteiger partial charge in [-0.2, -0.15) is 0 Å². The summed E-state index contributed by atoms with van der Waals surface area (Å²) in [5.41, 5.74) is 10.5. The Kier molecular flexibility index (Phi) is 3.56. The van der Waals surface area contributed by atoms with E-state index in [0.29, 0.717) is 5.82 Å². The van der Waals surface area contributed by atoms with Crippen molar-refractivity contribution in [3.63, 3.8) is 0 Å². The number of nitrogens with two attached hydrogens (primary N) is 2. The van der Waals surface area contributed by atoms with Crippen LogP contribution in [0.25, 0.3) is 0 Å². The number of hydrogen-bond donors (Lipinski definition) is 2. The van der Waals surface area contributed by atoms with E-state index in [-0.39, 0.29) is 11.7 Å². The van der Waals surface area contributed by atoms with Crippen molar-refractivity contribution < 1.29 is 4.79 Å². The third kappa shape index (κ3) is 3.23. The van der Waals surface area contributed by atoms with Crippen molar-refractivity contribution in [1.29, 1.82) is 0 Å². The van der Waals surface area contributed by atoms with Crippen LogP contribution >= 0.6 is 27.7 Å². The van der Waals surface area contributed by atoms with Crippen molar-refractivity contribution in [3.8, 4) is 0 Å². The molecule has 0 radical (unpaired) electrons. The number of carbonyl (C=O) groups is 1.